The smallest absolute Gasteiger partial charge is 0.182 e. The van der Waals surface area contributed by atoms with Crippen LogP contribution in [0.2, 0.25) is 0 Å². The number of carbonyl (C=O) groups is 1. The summed E-state index contributed by atoms with van der Waals surface area (Å²) >= 11 is 0. The quantitative estimate of drug-likeness (QED) is 0.873. The second-order valence-corrected chi connectivity index (χ2v) is 4.91. The van der Waals surface area contributed by atoms with E-state index in [0.29, 0.717) is 5.56 Å². The Kier molecular flexibility index (Phi) is 3.14. The lowest BCUT2D eigenvalue weighted by Gasteiger charge is -2.18. The molecular formula is C16H14FNO2. The Morgan fingerprint density at radius 3 is 2.70 bits per heavy atom. The fourth-order valence-electron chi connectivity index (χ4n) is 2.49. The molecule has 0 atom stereocenters. The van der Waals surface area contributed by atoms with E-state index in [9.17, 15) is 14.3 Å². The summed E-state index contributed by atoms with van der Waals surface area (Å²) in [6.07, 6.45) is 0.832. The van der Waals surface area contributed by atoms with Crippen molar-refractivity contribution in [1.29, 1.82) is 0 Å². The van der Waals surface area contributed by atoms with Gasteiger partial charge in [0.1, 0.15) is 11.6 Å². The standard InChI is InChI=1S/C16H14FNO2/c17-13-4-1-11-7-8-18(15(11)9-13)10-16(20)12-2-5-14(19)6-3-12/h1-6,9,19H,7-8,10H2. The van der Waals surface area contributed by atoms with Crippen molar-refractivity contribution in [1.82, 2.24) is 0 Å². The van der Waals surface area contributed by atoms with Crippen LogP contribution in [-0.2, 0) is 6.42 Å². The van der Waals surface area contributed by atoms with E-state index in [2.05, 4.69) is 0 Å². The lowest BCUT2D eigenvalue weighted by Crippen LogP contribution is -2.28. The number of phenols is 1. The third-order valence-corrected chi connectivity index (χ3v) is 3.56. The first-order chi connectivity index (χ1) is 9.63. The largest absolute Gasteiger partial charge is 0.508 e. The van der Waals surface area contributed by atoms with Gasteiger partial charge in [-0.25, -0.2) is 4.39 Å². The zero-order chi connectivity index (χ0) is 14.1. The molecule has 1 N–H and O–H groups in total. The van der Waals surface area contributed by atoms with Crippen molar-refractivity contribution in [2.45, 2.75) is 6.42 Å². The van der Waals surface area contributed by atoms with E-state index in [1.165, 1.54) is 24.3 Å². The second kappa shape index (κ2) is 4.96. The van der Waals surface area contributed by atoms with Crippen LogP contribution in [0, 0.1) is 5.82 Å². The average Bonchev–Trinajstić information content (AvgIpc) is 2.82. The van der Waals surface area contributed by atoms with Gasteiger partial charge in [-0.1, -0.05) is 6.07 Å². The Labute approximate surface area is 116 Å². The van der Waals surface area contributed by atoms with Crippen LogP contribution in [0.5, 0.6) is 5.75 Å². The molecule has 0 aromatic heterocycles. The van der Waals surface area contributed by atoms with E-state index in [1.807, 2.05) is 4.90 Å². The van der Waals surface area contributed by atoms with Gasteiger partial charge in [0.15, 0.2) is 5.78 Å². The topological polar surface area (TPSA) is 40.5 Å². The number of rotatable bonds is 3. The molecule has 0 aliphatic carbocycles. The van der Waals surface area contributed by atoms with Crippen molar-refractivity contribution in [2.24, 2.45) is 0 Å². The Morgan fingerprint density at radius 1 is 1.20 bits per heavy atom. The highest BCUT2D eigenvalue weighted by molar-refractivity contribution is 5.99. The van der Waals surface area contributed by atoms with E-state index in [4.69, 9.17) is 0 Å². The van der Waals surface area contributed by atoms with E-state index in [1.54, 1.807) is 18.2 Å². The first-order valence-electron chi connectivity index (χ1n) is 6.49. The molecule has 0 radical (unpaired) electrons. The van der Waals surface area contributed by atoms with Gasteiger partial charge in [0.05, 0.1) is 6.54 Å². The maximum atomic E-state index is 13.3. The first kappa shape index (κ1) is 12.7. The zero-order valence-corrected chi connectivity index (χ0v) is 10.8. The van der Waals surface area contributed by atoms with Gasteiger partial charge >= 0.3 is 0 Å². The summed E-state index contributed by atoms with van der Waals surface area (Å²) in [7, 11) is 0. The lowest BCUT2D eigenvalue weighted by atomic mass is 10.1. The third kappa shape index (κ3) is 2.37. The van der Waals surface area contributed by atoms with E-state index in [-0.39, 0.29) is 23.9 Å². The van der Waals surface area contributed by atoms with Crippen molar-refractivity contribution >= 4 is 11.5 Å². The van der Waals surface area contributed by atoms with Crippen LogP contribution in [0.3, 0.4) is 0 Å². The minimum Gasteiger partial charge on any atom is -0.508 e. The normalized spacial score (nSPS) is 13.3. The van der Waals surface area contributed by atoms with Crippen LogP contribution in [0.1, 0.15) is 15.9 Å². The Bertz CT molecular complexity index is 652. The molecule has 0 amide bonds. The summed E-state index contributed by atoms with van der Waals surface area (Å²) in [5.41, 5.74) is 2.43. The molecule has 0 saturated heterocycles. The van der Waals surface area contributed by atoms with E-state index < -0.39 is 0 Å². The molecule has 0 unspecified atom stereocenters. The molecule has 3 rings (SSSR count). The highest BCUT2D eigenvalue weighted by Gasteiger charge is 2.22. The van der Waals surface area contributed by atoms with Gasteiger partial charge < -0.3 is 10.0 Å². The van der Waals surface area contributed by atoms with E-state index in [0.717, 1.165) is 24.2 Å². The second-order valence-electron chi connectivity index (χ2n) is 4.91. The predicted octanol–water partition coefficient (Wildman–Crippen LogP) is 2.78. The number of ketones is 1. The Hall–Kier alpha value is -2.36. The van der Waals surface area contributed by atoms with Crippen molar-refractivity contribution in [3.63, 3.8) is 0 Å². The minimum atomic E-state index is -0.285. The summed E-state index contributed by atoms with van der Waals surface area (Å²) in [6.45, 7) is 0.948. The summed E-state index contributed by atoms with van der Waals surface area (Å²) in [4.78, 5) is 14.1. The summed E-state index contributed by atoms with van der Waals surface area (Å²) in [5, 5.41) is 9.22. The summed E-state index contributed by atoms with van der Waals surface area (Å²) < 4.78 is 13.3. The maximum Gasteiger partial charge on any atom is 0.182 e. The number of carbonyl (C=O) groups excluding carboxylic acids is 1. The average molecular weight is 271 g/mol. The zero-order valence-electron chi connectivity index (χ0n) is 10.8. The number of benzene rings is 2. The Balaban J connectivity index is 1.78. The molecule has 0 bridgehead atoms. The SMILES string of the molecule is O=C(CN1CCc2ccc(F)cc21)c1ccc(O)cc1. The first-order valence-corrected chi connectivity index (χ1v) is 6.49. The van der Waals surface area contributed by atoms with Crippen LogP contribution in [0.15, 0.2) is 42.5 Å². The molecule has 2 aromatic carbocycles. The van der Waals surface area contributed by atoms with Crippen LogP contribution in [-0.4, -0.2) is 24.0 Å². The van der Waals surface area contributed by atoms with Gasteiger partial charge in [-0.2, -0.15) is 0 Å². The van der Waals surface area contributed by atoms with Gasteiger partial charge in [-0.15, -0.1) is 0 Å². The number of Topliss-reactive ketones (excluding diaryl/α,β-unsaturated/α-hetero) is 1. The van der Waals surface area contributed by atoms with Crippen molar-refractivity contribution in [2.75, 3.05) is 18.0 Å². The van der Waals surface area contributed by atoms with Gasteiger partial charge in [-0.05, 0) is 48.4 Å². The molecular weight excluding hydrogens is 257 g/mol. The van der Waals surface area contributed by atoms with Crippen LogP contribution in [0.25, 0.3) is 0 Å². The maximum absolute atomic E-state index is 13.3. The molecule has 0 saturated carbocycles. The molecule has 1 aliphatic rings. The van der Waals surface area contributed by atoms with Gasteiger partial charge in [0.25, 0.3) is 0 Å². The fraction of sp³-hybridized carbons (Fsp3) is 0.188. The third-order valence-electron chi connectivity index (χ3n) is 3.56. The number of anilines is 1. The summed E-state index contributed by atoms with van der Waals surface area (Å²) in [5.74, 6) is -0.190. The molecule has 102 valence electrons. The van der Waals surface area contributed by atoms with Gasteiger partial charge in [-0.3, -0.25) is 4.79 Å². The highest BCUT2D eigenvalue weighted by atomic mass is 19.1. The molecule has 2 aromatic rings. The van der Waals surface area contributed by atoms with Crippen molar-refractivity contribution in [3.8, 4) is 5.75 Å². The fourth-order valence-corrected chi connectivity index (χ4v) is 2.49. The number of fused-ring (bicyclic) bond motifs is 1. The monoisotopic (exact) mass is 271 g/mol. The van der Waals surface area contributed by atoms with Crippen LogP contribution < -0.4 is 4.90 Å². The Morgan fingerprint density at radius 2 is 1.95 bits per heavy atom. The molecule has 3 nitrogen and oxygen atoms in total. The molecule has 0 spiro atoms. The number of nitrogens with zero attached hydrogens (tertiary/aromatic N) is 1. The van der Waals surface area contributed by atoms with Crippen LogP contribution in [0.4, 0.5) is 10.1 Å². The van der Waals surface area contributed by atoms with Gasteiger partial charge in [0.2, 0.25) is 0 Å². The molecule has 1 aliphatic heterocycles. The number of hydrogen-bond acceptors (Lipinski definition) is 3. The van der Waals surface area contributed by atoms with E-state index >= 15 is 0 Å². The van der Waals surface area contributed by atoms with Crippen molar-refractivity contribution < 1.29 is 14.3 Å². The van der Waals surface area contributed by atoms with Crippen molar-refractivity contribution in [3.05, 3.63) is 59.4 Å². The highest BCUT2D eigenvalue weighted by Crippen LogP contribution is 2.28. The van der Waals surface area contributed by atoms with Gasteiger partial charge in [0, 0.05) is 17.8 Å². The predicted molar refractivity (Wildman–Crippen MR) is 74.8 cm³/mol. The molecule has 4 heteroatoms. The number of halogens is 1. The number of phenolic OH excluding ortho intramolecular Hbond substituents is 1. The molecule has 1 heterocycles. The minimum absolute atomic E-state index is 0.0397. The lowest BCUT2D eigenvalue weighted by molar-refractivity contribution is 0.0999. The number of aromatic hydroxyl groups is 1. The number of hydrogen-bond donors (Lipinski definition) is 1. The molecule has 0 fully saturated rings. The van der Waals surface area contributed by atoms with Crippen LogP contribution >= 0.6 is 0 Å². The summed E-state index contributed by atoms with van der Waals surface area (Å²) in [6, 6.07) is 10.9. The molecule has 20 heavy (non-hydrogen) atoms.